The number of anilines is 1. The Bertz CT molecular complexity index is 431. The third-order valence-corrected chi connectivity index (χ3v) is 2.36. The third-order valence-electron chi connectivity index (χ3n) is 1.70. The van der Waals surface area contributed by atoms with Crippen LogP contribution in [0.4, 0.5) is 18.9 Å². The first-order valence-corrected chi connectivity index (χ1v) is 4.85. The van der Waals surface area contributed by atoms with Crippen LogP contribution >= 0.6 is 15.9 Å². The van der Waals surface area contributed by atoms with Crippen LogP contribution in [0, 0.1) is 0 Å². The number of halogens is 4. The van der Waals surface area contributed by atoms with Crippen molar-refractivity contribution >= 4 is 27.4 Å². The first-order chi connectivity index (χ1) is 7.20. The van der Waals surface area contributed by atoms with Crippen LogP contribution in [-0.2, 0) is 0 Å². The van der Waals surface area contributed by atoms with Crippen LogP contribution in [-0.4, -0.2) is 12.1 Å². The SMILES string of the molecule is CC(=O)c1cc(N)c(OC(F)(F)F)cc1Br. The van der Waals surface area contributed by atoms with E-state index in [1.165, 1.54) is 6.92 Å². The van der Waals surface area contributed by atoms with E-state index < -0.39 is 12.1 Å². The molecule has 88 valence electrons. The second kappa shape index (κ2) is 4.32. The van der Waals surface area contributed by atoms with Crippen molar-refractivity contribution in [3.63, 3.8) is 0 Å². The molecule has 0 saturated heterocycles. The molecule has 0 unspecified atom stereocenters. The molecule has 0 amide bonds. The number of carbonyl (C=O) groups excluding carboxylic acids is 1. The van der Waals surface area contributed by atoms with Crippen LogP contribution in [0.5, 0.6) is 5.75 Å². The van der Waals surface area contributed by atoms with Crippen molar-refractivity contribution in [2.45, 2.75) is 13.3 Å². The standard InChI is InChI=1S/C9H7BrF3NO2/c1-4(15)5-2-7(14)8(3-6(5)10)16-9(11,12)13/h2-3H,14H2,1H3. The lowest BCUT2D eigenvalue weighted by molar-refractivity contribution is -0.274. The van der Waals surface area contributed by atoms with Gasteiger partial charge in [0, 0.05) is 10.0 Å². The van der Waals surface area contributed by atoms with Gasteiger partial charge in [0.25, 0.3) is 0 Å². The number of hydrogen-bond acceptors (Lipinski definition) is 3. The molecule has 0 radical (unpaired) electrons. The van der Waals surface area contributed by atoms with Gasteiger partial charge in [0.1, 0.15) is 0 Å². The molecule has 0 heterocycles. The second-order valence-corrected chi connectivity index (χ2v) is 3.83. The Balaban J connectivity index is 3.16. The van der Waals surface area contributed by atoms with Gasteiger partial charge in [-0.15, -0.1) is 13.2 Å². The van der Waals surface area contributed by atoms with Crippen molar-refractivity contribution in [3.8, 4) is 5.75 Å². The summed E-state index contributed by atoms with van der Waals surface area (Å²) < 4.78 is 39.7. The van der Waals surface area contributed by atoms with E-state index in [1.54, 1.807) is 0 Å². The molecule has 0 aliphatic heterocycles. The average molecular weight is 298 g/mol. The van der Waals surface area contributed by atoms with Crippen LogP contribution in [0.15, 0.2) is 16.6 Å². The maximum atomic E-state index is 12.0. The Labute approximate surface area is 97.5 Å². The summed E-state index contributed by atoms with van der Waals surface area (Å²) in [6.07, 6.45) is -4.81. The lowest BCUT2D eigenvalue weighted by Gasteiger charge is -2.12. The number of Topliss-reactive ketones (excluding diaryl/α,β-unsaturated/α-hetero) is 1. The molecule has 2 N–H and O–H groups in total. The highest BCUT2D eigenvalue weighted by atomic mass is 79.9. The molecule has 0 atom stereocenters. The molecule has 0 aliphatic rings. The molecule has 1 aromatic rings. The Morgan fingerprint density at radius 3 is 2.44 bits per heavy atom. The Morgan fingerprint density at radius 1 is 1.44 bits per heavy atom. The smallest absolute Gasteiger partial charge is 0.404 e. The highest BCUT2D eigenvalue weighted by Crippen LogP contribution is 2.33. The van der Waals surface area contributed by atoms with Gasteiger partial charge in [-0.25, -0.2) is 0 Å². The van der Waals surface area contributed by atoms with E-state index in [0.717, 1.165) is 12.1 Å². The van der Waals surface area contributed by atoms with Crippen molar-refractivity contribution in [1.82, 2.24) is 0 Å². The number of nitrogen functional groups attached to an aromatic ring is 1. The summed E-state index contributed by atoms with van der Waals surface area (Å²) in [5.74, 6) is -0.846. The van der Waals surface area contributed by atoms with E-state index in [4.69, 9.17) is 5.73 Å². The number of hydrogen-bond donors (Lipinski definition) is 1. The molecule has 16 heavy (non-hydrogen) atoms. The molecule has 0 spiro atoms. The van der Waals surface area contributed by atoms with Crippen molar-refractivity contribution < 1.29 is 22.7 Å². The average Bonchev–Trinajstić information content (AvgIpc) is 2.07. The van der Waals surface area contributed by atoms with Crippen molar-refractivity contribution in [3.05, 3.63) is 22.2 Å². The molecule has 0 aromatic heterocycles. The van der Waals surface area contributed by atoms with E-state index in [-0.39, 0.29) is 21.5 Å². The number of alkyl halides is 3. The molecule has 0 fully saturated rings. The van der Waals surface area contributed by atoms with Gasteiger partial charge < -0.3 is 10.5 Å². The zero-order chi connectivity index (χ0) is 12.5. The van der Waals surface area contributed by atoms with Crippen LogP contribution in [0.2, 0.25) is 0 Å². The fourth-order valence-corrected chi connectivity index (χ4v) is 1.66. The minimum absolute atomic E-state index is 0.201. The summed E-state index contributed by atoms with van der Waals surface area (Å²) in [7, 11) is 0. The highest BCUT2D eigenvalue weighted by molar-refractivity contribution is 9.10. The van der Waals surface area contributed by atoms with Crippen molar-refractivity contribution in [1.29, 1.82) is 0 Å². The summed E-state index contributed by atoms with van der Waals surface area (Å²) in [5, 5.41) is 0. The first kappa shape index (κ1) is 12.8. The molecule has 0 aliphatic carbocycles. The molecule has 1 rings (SSSR count). The van der Waals surface area contributed by atoms with Gasteiger partial charge in [-0.1, -0.05) is 0 Å². The molecule has 0 bridgehead atoms. The van der Waals surface area contributed by atoms with Gasteiger partial charge in [-0.3, -0.25) is 4.79 Å². The van der Waals surface area contributed by atoms with Gasteiger partial charge in [0.05, 0.1) is 5.69 Å². The number of carbonyl (C=O) groups is 1. The normalized spacial score (nSPS) is 11.3. The third kappa shape index (κ3) is 3.13. The number of nitrogens with two attached hydrogens (primary N) is 1. The number of benzene rings is 1. The van der Waals surface area contributed by atoms with E-state index in [0.29, 0.717) is 0 Å². The zero-order valence-electron chi connectivity index (χ0n) is 8.06. The quantitative estimate of drug-likeness (QED) is 0.674. The topological polar surface area (TPSA) is 52.3 Å². The fraction of sp³-hybridized carbons (Fsp3) is 0.222. The predicted octanol–water partition coefficient (Wildman–Crippen LogP) is 3.13. The molecule has 7 heteroatoms. The van der Waals surface area contributed by atoms with Gasteiger partial charge in [0.15, 0.2) is 11.5 Å². The summed E-state index contributed by atoms with van der Waals surface area (Å²) in [6, 6.07) is 2.15. The fourth-order valence-electron chi connectivity index (χ4n) is 1.05. The van der Waals surface area contributed by atoms with E-state index in [2.05, 4.69) is 20.7 Å². The summed E-state index contributed by atoms with van der Waals surface area (Å²) >= 11 is 2.97. The van der Waals surface area contributed by atoms with Crippen molar-refractivity contribution in [2.75, 3.05) is 5.73 Å². The van der Waals surface area contributed by atoms with Crippen LogP contribution in [0.3, 0.4) is 0 Å². The molecule has 0 saturated carbocycles. The number of ketones is 1. The number of ether oxygens (including phenoxy) is 1. The van der Waals surface area contributed by atoms with Gasteiger partial charge >= 0.3 is 6.36 Å². The number of rotatable bonds is 2. The van der Waals surface area contributed by atoms with E-state index in [1.807, 2.05) is 0 Å². The highest BCUT2D eigenvalue weighted by Gasteiger charge is 2.32. The molecular formula is C9H7BrF3NO2. The lowest BCUT2D eigenvalue weighted by atomic mass is 10.1. The van der Waals surface area contributed by atoms with Crippen LogP contribution in [0.1, 0.15) is 17.3 Å². The zero-order valence-corrected chi connectivity index (χ0v) is 9.65. The van der Waals surface area contributed by atoms with Gasteiger partial charge in [0.2, 0.25) is 0 Å². The Hall–Kier alpha value is -1.24. The Morgan fingerprint density at radius 2 is 2.00 bits per heavy atom. The minimum Gasteiger partial charge on any atom is -0.404 e. The van der Waals surface area contributed by atoms with Crippen molar-refractivity contribution in [2.24, 2.45) is 0 Å². The first-order valence-electron chi connectivity index (χ1n) is 4.06. The largest absolute Gasteiger partial charge is 0.573 e. The minimum atomic E-state index is -4.81. The predicted molar refractivity (Wildman–Crippen MR) is 55.2 cm³/mol. The van der Waals surface area contributed by atoms with Crippen LogP contribution in [0.25, 0.3) is 0 Å². The van der Waals surface area contributed by atoms with E-state index >= 15 is 0 Å². The van der Waals surface area contributed by atoms with Gasteiger partial charge in [-0.05, 0) is 35.0 Å². The lowest BCUT2D eigenvalue weighted by Crippen LogP contribution is -2.18. The van der Waals surface area contributed by atoms with Crippen LogP contribution < -0.4 is 10.5 Å². The molecule has 1 aromatic carbocycles. The maximum Gasteiger partial charge on any atom is 0.573 e. The second-order valence-electron chi connectivity index (χ2n) is 2.97. The maximum absolute atomic E-state index is 12.0. The van der Waals surface area contributed by atoms with Gasteiger partial charge in [-0.2, -0.15) is 0 Å². The Kier molecular flexibility index (Phi) is 3.47. The molecular weight excluding hydrogens is 291 g/mol. The summed E-state index contributed by atoms with van der Waals surface area (Å²) in [4.78, 5) is 11.1. The summed E-state index contributed by atoms with van der Waals surface area (Å²) in [6.45, 7) is 1.28. The summed E-state index contributed by atoms with van der Waals surface area (Å²) in [5.41, 5.74) is 5.29. The van der Waals surface area contributed by atoms with E-state index in [9.17, 15) is 18.0 Å². The molecule has 3 nitrogen and oxygen atoms in total. The monoisotopic (exact) mass is 297 g/mol.